The summed E-state index contributed by atoms with van der Waals surface area (Å²) in [5.74, 6) is 0.874. The third kappa shape index (κ3) is 2.05. The van der Waals surface area contributed by atoms with Gasteiger partial charge in [0.15, 0.2) is 0 Å². The van der Waals surface area contributed by atoms with Gasteiger partial charge in [0.1, 0.15) is 0 Å². The minimum absolute atomic E-state index is 0.0790. The molecule has 3 atom stereocenters. The summed E-state index contributed by atoms with van der Waals surface area (Å²) in [5, 5.41) is 0. The van der Waals surface area contributed by atoms with E-state index in [1.807, 2.05) is 11.9 Å². The Kier molecular flexibility index (Phi) is 2.92. The van der Waals surface area contributed by atoms with Crippen LogP contribution in [0.25, 0.3) is 0 Å². The van der Waals surface area contributed by atoms with Crippen molar-refractivity contribution in [1.29, 1.82) is 0 Å². The van der Waals surface area contributed by atoms with Crippen LogP contribution < -0.4 is 0 Å². The van der Waals surface area contributed by atoms with Gasteiger partial charge >= 0.3 is 0 Å². The van der Waals surface area contributed by atoms with E-state index in [1.165, 1.54) is 0 Å². The van der Waals surface area contributed by atoms with E-state index in [9.17, 15) is 9.59 Å². The van der Waals surface area contributed by atoms with Gasteiger partial charge in [-0.25, -0.2) is 0 Å². The highest BCUT2D eigenvalue weighted by Gasteiger charge is 2.55. The molecule has 0 spiro atoms. The first-order chi connectivity index (χ1) is 7.86. The highest BCUT2D eigenvalue weighted by atomic mass is 16.2. The van der Waals surface area contributed by atoms with Gasteiger partial charge in [-0.15, -0.1) is 0 Å². The molecule has 17 heavy (non-hydrogen) atoms. The zero-order valence-corrected chi connectivity index (χ0v) is 11.2. The van der Waals surface area contributed by atoms with Crippen LogP contribution in [-0.4, -0.2) is 47.8 Å². The summed E-state index contributed by atoms with van der Waals surface area (Å²) >= 11 is 0. The summed E-state index contributed by atoms with van der Waals surface area (Å²) in [4.78, 5) is 27.3. The molecular weight excluding hydrogens is 216 g/mol. The molecule has 2 aliphatic rings. The molecule has 0 bridgehead atoms. The van der Waals surface area contributed by atoms with Gasteiger partial charge in [-0.05, 0) is 18.8 Å². The minimum Gasteiger partial charge on any atom is -0.341 e. The fourth-order valence-corrected chi connectivity index (χ4v) is 2.74. The van der Waals surface area contributed by atoms with Crippen LogP contribution in [0.4, 0.5) is 0 Å². The molecule has 1 aliphatic carbocycles. The Labute approximate surface area is 103 Å². The summed E-state index contributed by atoms with van der Waals surface area (Å²) < 4.78 is 0. The summed E-state index contributed by atoms with van der Waals surface area (Å²) in [7, 11) is 1.82. The van der Waals surface area contributed by atoms with E-state index in [1.54, 1.807) is 11.8 Å². The molecule has 96 valence electrons. The van der Waals surface area contributed by atoms with Crippen LogP contribution in [0, 0.1) is 11.3 Å². The largest absolute Gasteiger partial charge is 0.341 e. The summed E-state index contributed by atoms with van der Waals surface area (Å²) in [6.45, 7) is 7.27. The number of nitrogens with zero attached hydrogens (tertiary/aromatic N) is 2. The Morgan fingerprint density at radius 1 is 1.41 bits per heavy atom. The van der Waals surface area contributed by atoms with Crippen LogP contribution in [0.2, 0.25) is 0 Å². The predicted molar refractivity (Wildman–Crippen MR) is 65.3 cm³/mol. The van der Waals surface area contributed by atoms with Gasteiger partial charge in [0.05, 0.1) is 6.04 Å². The molecule has 4 heteroatoms. The minimum atomic E-state index is -0.121. The number of hydrogen-bond acceptors (Lipinski definition) is 2. The molecule has 1 heterocycles. The third-order valence-corrected chi connectivity index (χ3v) is 4.64. The molecule has 2 fully saturated rings. The lowest BCUT2D eigenvalue weighted by atomic mass is 10.1. The fourth-order valence-electron chi connectivity index (χ4n) is 2.74. The van der Waals surface area contributed by atoms with Crippen molar-refractivity contribution in [3.63, 3.8) is 0 Å². The molecule has 1 saturated carbocycles. The molecule has 0 aromatic carbocycles. The predicted octanol–water partition coefficient (Wildman–Crippen LogP) is 1.11. The first-order valence-electron chi connectivity index (χ1n) is 6.39. The SMILES string of the molecule is CC(=O)N(C)C1CCN(C(=O)C2(C)CC2C)C1. The van der Waals surface area contributed by atoms with Crippen LogP contribution in [0.1, 0.15) is 33.6 Å². The lowest BCUT2D eigenvalue weighted by Gasteiger charge is -2.25. The molecular formula is C13H22N2O2. The van der Waals surface area contributed by atoms with Gasteiger partial charge in [-0.2, -0.15) is 0 Å². The van der Waals surface area contributed by atoms with E-state index in [2.05, 4.69) is 13.8 Å². The van der Waals surface area contributed by atoms with Crippen molar-refractivity contribution in [3.8, 4) is 0 Å². The van der Waals surface area contributed by atoms with Crippen molar-refractivity contribution < 1.29 is 9.59 Å². The van der Waals surface area contributed by atoms with Gasteiger partial charge in [-0.1, -0.05) is 13.8 Å². The number of carbonyl (C=O) groups excluding carboxylic acids is 2. The van der Waals surface area contributed by atoms with Crippen molar-refractivity contribution in [2.75, 3.05) is 20.1 Å². The van der Waals surface area contributed by atoms with E-state index < -0.39 is 0 Å². The molecule has 3 unspecified atom stereocenters. The lowest BCUT2D eigenvalue weighted by Crippen LogP contribution is -2.40. The second-order valence-electron chi connectivity index (χ2n) is 5.85. The van der Waals surface area contributed by atoms with Crippen molar-refractivity contribution in [2.45, 2.75) is 39.7 Å². The number of rotatable bonds is 2. The van der Waals surface area contributed by atoms with Crippen molar-refractivity contribution in [2.24, 2.45) is 11.3 Å². The zero-order valence-electron chi connectivity index (χ0n) is 11.2. The summed E-state index contributed by atoms with van der Waals surface area (Å²) in [5.41, 5.74) is -0.121. The molecule has 0 aromatic heterocycles. The molecule has 0 radical (unpaired) electrons. The van der Waals surface area contributed by atoms with Crippen LogP contribution >= 0.6 is 0 Å². The highest BCUT2D eigenvalue weighted by molar-refractivity contribution is 5.86. The van der Waals surface area contributed by atoms with Crippen molar-refractivity contribution >= 4 is 11.8 Å². The molecule has 2 rings (SSSR count). The maximum Gasteiger partial charge on any atom is 0.228 e. The van der Waals surface area contributed by atoms with Gasteiger partial charge in [0.2, 0.25) is 11.8 Å². The van der Waals surface area contributed by atoms with E-state index in [0.29, 0.717) is 12.5 Å². The second kappa shape index (κ2) is 4.00. The fraction of sp³-hybridized carbons (Fsp3) is 0.846. The first kappa shape index (κ1) is 12.4. The number of likely N-dealkylation sites (tertiary alicyclic amines) is 1. The normalized spacial score (nSPS) is 35.9. The Morgan fingerprint density at radius 2 is 2.00 bits per heavy atom. The monoisotopic (exact) mass is 238 g/mol. The Hall–Kier alpha value is -1.06. The van der Waals surface area contributed by atoms with E-state index in [4.69, 9.17) is 0 Å². The van der Waals surface area contributed by atoms with Gasteiger partial charge < -0.3 is 9.80 Å². The van der Waals surface area contributed by atoms with E-state index >= 15 is 0 Å². The number of likely N-dealkylation sites (N-methyl/N-ethyl adjacent to an activating group) is 1. The molecule has 1 aliphatic heterocycles. The Balaban J connectivity index is 1.94. The van der Waals surface area contributed by atoms with Crippen molar-refractivity contribution in [3.05, 3.63) is 0 Å². The van der Waals surface area contributed by atoms with Crippen LogP contribution in [0.5, 0.6) is 0 Å². The first-order valence-corrected chi connectivity index (χ1v) is 6.39. The van der Waals surface area contributed by atoms with Gasteiger partial charge in [0, 0.05) is 32.5 Å². The number of carbonyl (C=O) groups is 2. The topological polar surface area (TPSA) is 40.6 Å². The van der Waals surface area contributed by atoms with Crippen LogP contribution in [0.15, 0.2) is 0 Å². The van der Waals surface area contributed by atoms with E-state index in [-0.39, 0.29) is 23.3 Å². The van der Waals surface area contributed by atoms with Crippen molar-refractivity contribution in [1.82, 2.24) is 9.80 Å². The maximum absolute atomic E-state index is 12.3. The smallest absolute Gasteiger partial charge is 0.228 e. The van der Waals surface area contributed by atoms with E-state index in [0.717, 1.165) is 19.4 Å². The lowest BCUT2D eigenvalue weighted by molar-refractivity contribution is -0.137. The molecule has 0 aromatic rings. The average Bonchev–Trinajstić information content (AvgIpc) is 2.72. The maximum atomic E-state index is 12.3. The molecule has 2 amide bonds. The standard InChI is InChI=1S/C13H22N2O2/c1-9-7-13(9,3)12(17)15-6-5-11(8-15)14(4)10(2)16/h9,11H,5-8H2,1-4H3. The Bertz CT molecular complexity index is 355. The average molecular weight is 238 g/mol. The second-order valence-corrected chi connectivity index (χ2v) is 5.85. The molecule has 0 N–H and O–H groups in total. The van der Waals surface area contributed by atoms with Crippen LogP contribution in [-0.2, 0) is 9.59 Å². The molecule has 1 saturated heterocycles. The number of amides is 2. The highest BCUT2D eigenvalue weighted by Crippen LogP contribution is 2.53. The van der Waals surface area contributed by atoms with Crippen LogP contribution in [0.3, 0.4) is 0 Å². The Morgan fingerprint density at radius 3 is 2.47 bits per heavy atom. The van der Waals surface area contributed by atoms with Gasteiger partial charge in [0.25, 0.3) is 0 Å². The van der Waals surface area contributed by atoms with Gasteiger partial charge in [-0.3, -0.25) is 9.59 Å². The zero-order chi connectivity index (χ0) is 12.8. The quantitative estimate of drug-likeness (QED) is 0.723. The molecule has 4 nitrogen and oxygen atoms in total. The third-order valence-electron chi connectivity index (χ3n) is 4.64. The summed E-state index contributed by atoms with van der Waals surface area (Å²) in [6.07, 6.45) is 1.92. The summed E-state index contributed by atoms with van der Waals surface area (Å²) in [6, 6.07) is 0.203. The number of hydrogen-bond donors (Lipinski definition) is 0.